The second-order valence-corrected chi connectivity index (χ2v) is 5.27. The van der Waals surface area contributed by atoms with Gasteiger partial charge in [0.25, 0.3) is 0 Å². The molecule has 0 radical (unpaired) electrons. The zero-order valence-electron chi connectivity index (χ0n) is 8.80. The maximum Gasteiger partial charge on any atom is 0.227 e. The fraction of sp³-hybridized carbons (Fsp3) is 0.417. The predicted molar refractivity (Wildman–Crippen MR) is 69.7 cm³/mol. The fourth-order valence-electron chi connectivity index (χ4n) is 2.02. The first-order chi connectivity index (χ1) is 7.68. The van der Waals surface area contributed by atoms with Crippen molar-refractivity contribution in [3.05, 3.63) is 27.7 Å². The number of benzene rings is 1. The zero-order chi connectivity index (χ0) is 11.5. The van der Waals surface area contributed by atoms with E-state index in [2.05, 4.69) is 21.2 Å². The lowest BCUT2D eigenvalue weighted by molar-refractivity contribution is -0.119. The minimum Gasteiger partial charge on any atom is -0.325 e. The number of anilines is 1. The maximum atomic E-state index is 11.9. The normalized spacial score (nSPS) is 16.4. The molecule has 0 spiro atoms. The Labute approximate surface area is 108 Å². The van der Waals surface area contributed by atoms with Crippen molar-refractivity contribution in [2.75, 3.05) is 5.32 Å². The number of nitrogens with one attached hydrogen (secondary N) is 1. The van der Waals surface area contributed by atoms with Gasteiger partial charge in [-0.15, -0.1) is 0 Å². The highest BCUT2D eigenvalue weighted by Gasteiger charge is 2.23. The Kier molecular flexibility index (Phi) is 3.87. The SMILES string of the molecule is O=C(Nc1cccc(Cl)c1Br)C1CCCC1. The van der Waals surface area contributed by atoms with Gasteiger partial charge in [0.1, 0.15) is 0 Å². The molecule has 1 aliphatic carbocycles. The first-order valence-electron chi connectivity index (χ1n) is 5.43. The molecule has 0 bridgehead atoms. The van der Waals surface area contributed by atoms with Crippen molar-refractivity contribution < 1.29 is 4.79 Å². The van der Waals surface area contributed by atoms with Crippen LogP contribution >= 0.6 is 27.5 Å². The summed E-state index contributed by atoms with van der Waals surface area (Å²) in [6.45, 7) is 0. The van der Waals surface area contributed by atoms with Crippen LogP contribution in [0.15, 0.2) is 22.7 Å². The van der Waals surface area contributed by atoms with Crippen molar-refractivity contribution in [2.24, 2.45) is 5.92 Å². The Bertz CT molecular complexity index is 402. The van der Waals surface area contributed by atoms with Gasteiger partial charge >= 0.3 is 0 Å². The highest BCUT2D eigenvalue weighted by atomic mass is 79.9. The van der Waals surface area contributed by atoms with Gasteiger partial charge in [-0.1, -0.05) is 30.5 Å². The third-order valence-corrected chi connectivity index (χ3v) is 4.33. The smallest absolute Gasteiger partial charge is 0.227 e. The summed E-state index contributed by atoms with van der Waals surface area (Å²) in [5, 5.41) is 3.54. The summed E-state index contributed by atoms with van der Waals surface area (Å²) in [6, 6.07) is 5.47. The molecular formula is C12H13BrClNO. The Morgan fingerprint density at radius 3 is 2.75 bits per heavy atom. The molecule has 2 rings (SSSR count). The van der Waals surface area contributed by atoms with Gasteiger partial charge < -0.3 is 5.32 Å². The predicted octanol–water partition coefficient (Wildman–Crippen LogP) is 4.23. The fourth-order valence-corrected chi connectivity index (χ4v) is 2.56. The summed E-state index contributed by atoms with van der Waals surface area (Å²) in [6.07, 6.45) is 4.33. The van der Waals surface area contributed by atoms with E-state index in [0.717, 1.165) is 35.8 Å². The molecule has 86 valence electrons. The van der Waals surface area contributed by atoms with Crippen LogP contribution < -0.4 is 5.32 Å². The number of hydrogen-bond donors (Lipinski definition) is 1. The van der Waals surface area contributed by atoms with Gasteiger partial charge in [0, 0.05) is 5.92 Å². The van der Waals surface area contributed by atoms with Gasteiger partial charge in [-0.3, -0.25) is 4.79 Å². The molecule has 0 aliphatic heterocycles. The molecule has 1 amide bonds. The van der Waals surface area contributed by atoms with E-state index in [4.69, 9.17) is 11.6 Å². The Morgan fingerprint density at radius 2 is 2.06 bits per heavy atom. The summed E-state index contributed by atoms with van der Waals surface area (Å²) in [4.78, 5) is 11.9. The highest BCUT2D eigenvalue weighted by molar-refractivity contribution is 9.10. The quantitative estimate of drug-likeness (QED) is 0.870. The van der Waals surface area contributed by atoms with Gasteiger partial charge in [0.15, 0.2) is 0 Å². The van der Waals surface area contributed by atoms with Crippen LogP contribution in [0, 0.1) is 5.92 Å². The molecule has 0 atom stereocenters. The van der Waals surface area contributed by atoms with Crippen LogP contribution in [0.3, 0.4) is 0 Å². The maximum absolute atomic E-state index is 11.9. The lowest BCUT2D eigenvalue weighted by atomic mass is 10.1. The molecule has 0 unspecified atom stereocenters. The van der Waals surface area contributed by atoms with E-state index in [1.54, 1.807) is 6.07 Å². The average molecular weight is 303 g/mol. The van der Waals surface area contributed by atoms with Crippen molar-refractivity contribution in [2.45, 2.75) is 25.7 Å². The van der Waals surface area contributed by atoms with E-state index in [1.165, 1.54) is 0 Å². The molecule has 1 aliphatic rings. The molecule has 16 heavy (non-hydrogen) atoms. The van der Waals surface area contributed by atoms with E-state index in [9.17, 15) is 4.79 Å². The number of halogens is 2. The van der Waals surface area contributed by atoms with Gasteiger partial charge in [-0.05, 0) is 40.9 Å². The standard InChI is InChI=1S/C12H13BrClNO/c13-11-9(14)6-3-7-10(11)15-12(16)8-4-1-2-5-8/h3,6-8H,1-2,4-5H2,(H,15,16). The highest BCUT2D eigenvalue weighted by Crippen LogP contribution is 2.32. The van der Waals surface area contributed by atoms with Gasteiger partial charge in [-0.25, -0.2) is 0 Å². The Morgan fingerprint density at radius 1 is 1.38 bits per heavy atom. The number of rotatable bonds is 2. The van der Waals surface area contributed by atoms with Crippen molar-refractivity contribution >= 4 is 39.1 Å². The topological polar surface area (TPSA) is 29.1 Å². The van der Waals surface area contributed by atoms with Crippen molar-refractivity contribution in [3.63, 3.8) is 0 Å². The molecule has 1 saturated carbocycles. The lowest BCUT2D eigenvalue weighted by Crippen LogP contribution is -2.20. The summed E-state index contributed by atoms with van der Waals surface area (Å²) in [5.74, 6) is 0.284. The average Bonchev–Trinajstić information content (AvgIpc) is 2.78. The van der Waals surface area contributed by atoms with Crippen LogP contribution in [0.2, 0.25) is 5.02 Å². The zero-order valence-corrected chi connectivity index (χ0v) is 11.1. The van der Waals surface area contributed by atoms with Crippen molar-refractivity contribution in [1.29, 1.82) is 0 Å². The third kappa shape index (κ3) is 2.58. The molecule has 1 fully saturated rings. The first-order valence-corrected chi connectivity index (χ1v) is 6.60. The number of hydrogen-bond acceptors (Lipinski definition) is 1. The largest absolute Gasteiger partial charge is 0.325 e. The Balaban J connectivity index is 2.08. The molecule has 1 N–H and O–H groups in total. The number of carbonyl (C=O) groups excluding carboxylic acids is 1. The van der Waals surface area contributed by atoms with Gasteiger partial charge in [-0.2, -0.15) is 0 Å². The summed E-state index contributed by atoms with van der Waals surface area (Å²) >= 11 is 9.33. The van der Waals surface area contributed by atoms with Crippen molar-refractivity contribution in [3.8, 4) is 0 Å². The summed E-state index contributed by atoms with van der Waals surface area (Å²) in [5.41, 5.74) is 0.754. The molecule has 0 aromatic heterocycles. The van der Waals surface area contributed by atoms with Gasteiger partial charge in [0.05, 0.1) is 15.2 Å². The second kappa shape index (κ2) is 5.19. The second-order valence-electron chi connectivity index (χ2n) is 4.07. The van der Waals surface area contributed by atoms with Crippen LogP contribution in [0.25, 0.3) is 0 Å². The van der Waals surface area contributed by atoms with Crippen LogP contribution in [0.5, 0.6) is 0 Å². The van der Waals surface area contributed by atoms with E-state index in [1.807, 2.05) is 12.1 Å². The van der Waals surface area contributed by atoms with E-state index >= 15 is 0 Å². The van der Waals surface area contributed by atoms with Crippen LogP contribution in [0.1, 0.15) is 25.7 Å². The van der Waals surface area contributed by atoms with Gasteiger partial charge in [0.2, 0.25) is 5.91 Å². The molecule has 0 heterocycles. The first kappa shape index (κ1) is 11.9. The number of amides is 1. The minimum atomic E-state index is 0.112. The molecule has 4 heteroatoms. The molecule has 1 aromatic rings. The summed E-state index contributed by atoms with van der Waals surface area (Å²) in [7, 11) is 0. The third-order valence-electron chi connectivity index (χ3n) is 2.94. The monoisotopic (exact) mass is 301 g/mol. The van der Waals surface area contributed by atoms with Crippen LogP contribution in [-0.2, 0) is 4.79 Å². The lowest BCUT2D eigenvalue weighted by Gasteiger charge is -2.12. The van der Waals surface area contributed by atoms with E-state index in [0.29, 0.717) is 5.02 Å². The number of carbonyl (C=O) groups is 1. The van der Waals surface area contributed by atoms with Crippen molar-refractivity contribution in [1.82, 2.24) is 0 Å². The molecule has 2 nitrogen and oxygen atoms in total. The molecular weight excluding hydrogens is 289 g/mol. The minimum absolute atomic E-state index is 0.112. The molecule has 0 saturated heterocycles. The molecule has 1 aromatic carbocycles. The Hall–Kier alpha value is -0.540. The van der Waals surface area contributed by atoms with E-state index in [-0.39, 0.29) is 11.8 Å². The van der Waals surface area contributed by atoms with Crippen LogP contribution in [-0.4, -0.2) is 5.91 Å². The van der Waals surface area contributed by atoms with Crippen LogP contribution in [0.4, 0.5) is 5.69 Å². The van der Waals surface area contributed by atoms with E-state index < -0.39 is 0 Å². The summed E-state index contributed by atoms with van der Waals surface area (Å²) < 4.78 is 0.753.